The van der Waals surface area contributed by atoms with Gasteiger partial charge in [0, 0.05) is 19.4 Å². The third kappa shape index (κ3) is 3.13. The molecule has 2 heterocycles. The number of halogens is 2. The lowest BCUT2D eigenvalue weighted by atomic mass is 9.96. The topological polar surface area (TPSA) is 32.8 Å². The number of likely N-dealkylation sites (tertiary alicyclic amines) is 1. The average molecular weight is 328 g/mol. The summed E-state index contributed by atoms with van der Waals surface area (Å²) in [5, 5.41) is 0. The summed E-state index contributed by atoms with van der Waals surface area (Å²) < 4.78 is 36.4. The molecule has 0 aliphatic carbocycles. The Bertz CT molecular complexity index is 505. The highest BCUT2D eigenvalue weighted by molar-refractivity contribution is 5.71. The predicted molar refractivity (Wildman–Crippen MR) is 85.4 cm³/mol. The van der Waals surface area contributed by atoms with E-state index >= 15 is 8.78 Å². The van der Waals surface area contributed by atoms with E-state index in [0.29, 0.717) is 17.9 Å². The van der Waals surface area contributed by atoms with Crippen LogP contribution in [0.2, 0.25) is 0 Å². The SMILES string of the molecule is C=CC[C@H]1N(CC=C)C[C@@]2(F)CC[C@]1(F)N2C(=O)OC(C)(C)C. The molecule has 130 valence electrons. The molecule has 0 aromatic carbocycles. The summed E-state index contributed by atoms with van der Waals surface area (Å²) in [6.45, 7) is 12.7. The highest BCUT2D eigenvalue weighted by Gasteiger charge is 2.67. The molecule has 0 aromatic heterocycles. The van der Waals surface area contributed by atoms with Gasteiger partial charge < -0.3 is 4.74 Å². The fraction of sp³-hybridized carbons (Fsp3) is 0.706. The van der Waals surface area contributed by atoms with Crippen LogP contribution < -0.4 is 0 Å². The third-order valence-corrected chi connectivity index (χ3v) is 4.36. The van der Waals surface area contributed by atoms with E-state index in [2.05, 4.69) is 13.2 Å². The van der Waals surface area contributed by atoms with Crippen molar-refractivity contribution in [2.75, 3.05) is 13.1 Å². The number of ether oxygens (including phenoxy) is 1. The fourth-order valence-electron chi connectivity index (χ4n) is 3.56. The van der Waals surface area contributed by atoms with Gasteiger partial charge in [-0.25, -0.2) is 18.5 Å². The predicted octanol–water partition coefficient (Wildman–Crippen LogP) is 3.80. The van der Waals surface area contributed by atoms with E-state index in [-0.39, 0.29) is 19.4 Å². The highest BCUT2D eigenvalue weighted by atomic mass is 19.2. The molecule has 0 saturated carbocycles. The van der Waals surface area contributed by atoms with Crippen LogP contribution in [0.25, 0.3) is 0 Å². The minimum absolute atomic E-state index is 0.0377. The molecule has 0 N–H and O–H groups in total. The first-order valence-electron chi connectivity index (χ1n) is 7.94. The lowest BCUT2D eigenvalue weighted by molar-refractivity contribution is -0.181. The van der Waals surface area contributed by atoms with E-state index in [1.54, 1.807) is 37.8 Å². The van der Waals surface area contributed by atoms with Crippen LogP contribution in [0.15, 0.2) is 25.3 Å². The molecule has 1 amide bonds. The Kier molecular flexibility index (Phi) is 4.59. The molecule has 2 aliphatic rings. The van der Waals surface area contributed by atoms with Crippen molar-refractivity contribution < 1.29 is 18.3 Å². The Morgan fingerprint density at radius 3 is 2.48 bits per heavy atom. The summed E-state index contributed by atoms with van der Waals surface area (Å²) in [6, 6.07) is -0.656. The number of hydrogen-bond donors (Lipinski definition) is 0. The molecule has 3 atom stereocenters. The van der Waals surface area contributed by atoms with Crippen LogP contribution in [0.5, 0.6) is 0 Å². The number of nitrogens with zero attached hydrogens (tertiary/aromatic N) is 2. The molecule has 0 aromatic rings. The van der Waals surface area contributed by atoms with E-state index in [1.807, 2.05) is 0 Å². The number of piperazine rings is 1. The maximum atomic E-state index is 15.8. The zero-order chi connectivity index (χ0) is 17.5. The van der Waals surface area contributed by atoms with Gasteiger partial charge in [0.05, 0.1) is 12.6 Å². The second-order valence-electron chi connectivity index (χ2n) is 7.31. The standard InChI is InChI=1S/C17H26F2N2O2/c1-6-8-13-17(19)10-9-16(18,12-20(13)11-7-2)21(17)14(22)23-15(3,4)5/h6-7,13H,1-2,8-12H2,3-5H3/t13-,16-,17+/m1/s1. The molecule has 6 heteroatoms. The van der Waals surface area contributed by atoms with Crippen LogP contribution in [0.1, 0.15) is 40.0 Å². The van der Waals surface area contributed by atoms with Crippen molar-refractivity contribution in [1.82, 2.24) is 9.80 Å². The molecule has 0 spiro atoms. The first-order valence-corrected chi connectivity index (χ1v) is 7.94. The number of rotatable bonds is 4. The minimum Gasteiger partial charge on any atom is -0.444 e. The van der Waals surface area contributed by atoms with E-state index in [4.69, 9.17) is 4.74 Å². The molecule has 0 radical (unpaired) electrons. The zero-order valence-electron chi connectivity index (χ0n) is 14.1. The van der Waals surface area contributed by atoms with Crippen LogP contribution in [-0.4, -0.2) is 52.2 Å². The van der Waals surface area contributed by atoms with Crippen LogP contribution in [0, 0.1) is 0 Å². The summed E-state index contributed by atoms with van der Waals surface area (Å²) >= 11 is 0. The van der Waals surface area contributed by atoms with Gasteiger partial charge in [0.1, 0.15) is 5.60 Å². The summed E-state index contributed by atoms with van der Waals surface area (Å²) in [5.74, 6) is -4.16. The Labute approximate surface area is 136 Å². The number of amides is 1. The zero-order valence-corrected chi connectivity index (χ0v) is 14.1. The molecule has 2 rings (SSSR count). The largest absolute Gasteiger partial charge is 0.444 e. The molecule has 23 heavy (non-hydrogen) atoms. The van der Waals surface area contributed by atoms with Crippen LogP contribution in [0.3, 0.4) is 0 Å². The van der Waals surface area contributed by atoms with E-state index in [0.717, 1.165) is 0 Å². The molecular weight excluding hydrogens is 302 g/mol. The number of alkyl halides is 2. The molecule has 2 bridgehead atoms. The van der Waals surface area contributed by atoms with Gasteiger partial charge in [0.15, 0.2) is 0 Å². The third-order valence-electron chi connectivity index (χ3n) is 4.36. The van der Waals surface area contributed by atoms with Crippen LogP contribution in [0.4, 0.5) is 13.6 Å². The lowest BCUT2D eigenvalue weighted by Gasteiger charge is -2.51. The maximum Gasteiger partial charge on any atom is 0.415 e. The first kappa shape index (κ1) is 17.9. The van der Waals surface area contributed by atoms with Gasteiger partial charge in [-0.15, -0.1) is 13.2 Å². The molecule has 2 fully saturated rings. The smallest absolute Gasteiger partial charge is 0.415 e. The van der Waals surface area contributed by atoms with Crippen molar-refractivity contribution in [2.24, 2.45) is 0 Å². The Morgan fingerprint density at radius 2 is 1.96 bits per heavy atom. The van der Waals surface area contributed by atoms with Crippen molar-refractivity contribution in [3.8, 4) is 0 Å². The normalized spacial score (nSPS) is 34.3. The summed E-state index contributed by atoms with van der Waals surface area (Å²) in [7, 11) is 0. The number of carbonyl (C=O) groups is 1. The van der Waals surface area contributed by atoms with Gasteiger partial charge >= 0.3 is 6.09 Å². The molecule has 2 saturated heterocycles. The van der Waals surface area contributed by atoms with Crippen molar-refractivity contribution in [3.05, 3.63) is 25.3 Å². The lowest BCUT2D eigenvalue weighted by Crippen LogP contribution is -2.70. The van der Waals surface area contributed by atoms with Crippen molar-refractivity contribution in [3.63, 3.8) is 0 Å². The van der Waals surface area contributed by atoms with E-state index < -0.39 is 29.3 Å². The average Bonchev–Trinajstić information content (AvgIpc) is 2.60. The van der Waals surface area contributed by atoms with E-state index in [9.17, 15) is 4.79 Å². The highest BCUT2D eigenvalue weighted by Crippen LogP contribution is 2.52. The molecule has 0 unspecified atom stereocenters. The Hall–Kier alpha value is -1.43. The number of hydrogen-bond acceptors (Lipinski definition) is 3. The van der Waals surface area contributed by atoms with Crippen molar-refractivity contribution in [1.29, 1.82) is 0 Å². The second-order valence-corrected chi connectivity index (χ2v) is 7.31. The van der Waals surface area contributed by atoms with Gasteiger partial charge in [-0.1, -0.05) is 12.2 Å². The fourth-order valence-corrected chi connectivity index (χ4v) is 3.56. The number of fused-ring (bicyclic) bond motifs is 2. The molecular formula is C17H26F2N2O2. The second kappa shape index (κ2) is 5.89. The molecule has 2 aliphatic heterocycles. The first-order chi connectivity index (χ1) is 10.6. The van der Waals surface area contributed by atoms with Crippen molar-refractivity contribution in [2.45, 2.75) is 63.3 Å². The van der Waals surface area contributed by atoms with Crippen LogP contribution >= 0.6 is 0 Å². The Morgan fingerprint density at radius 1 is 1.30 bits per heavy atom. The van der Waals surface area contributed by atoms with Crippen molar-refractivity contribution >= 4 is 6.09 Å². The Balaban J connectivity index is 2.38. The van der Waals surface area contributed by atoms with Gasteiger partial charge in [-0.3, -0.25) is 4.90 Å². The summed E-state index contributed by atoms with van der Waals surface area (Å²) in [6.07, 6.45) is 2.51. The summed E-state index contributed by atoms with van der Waals surface area (Å²) in [5.41, 5.74) is -0.810. The monoisotopic (exact) mass is 328 g/mol. The van der Waals surface area contributed by atoms with Gasteiger partial charge in [0.2, 0.25) is 11.6 Å². The van der Waals surface area contributed by atoms with Gasteiger partial charge in [-0.05, 0) is 27.2 Å². The van der Waals surface area contributed by atoms with E-state index in [1.165, 1.54) is 0 Å². The van der Waals surface area contributed by atoms with Crippen LogP contribution in [-0.2, 0) is 4.74 Å². The number of carbonyl (C=O) groups excluding carboxylic acids is 1. The maximum absolute atomic E-state index is 15.8. The minimum atomic E-state index is -2.10. The van der Waals surface area contributed by atoms with Gasteiger partial charge in [-0.2, -0.15) is 0 Å². The molecule has 4 nitrogen and oxygen atoms in total. The quantitative estimate of drug-likeness (QED) is 0.581. The van der Waals surface area contributed by atoms with Gasteiger partial charge in [0.25, 0.3) is 0 Å². The summed E-state index contributed by atoms with van der Waals surface area (Å²) in [4.78, 5) is 14.8.